The molecule has 2 rings (SSSR count). The van der Waals surface area contributed by atoms with Crippen molar-refractivity contribution in [1.29, 1.82) is 0 Å². The number of hydrogen-bond donors (Lipinski definition) is 1. The Morgan fingerprint density at radius 1 is 1.57 bits per heavy atom. The van der Waals surface area contributed by atoms with Crippen molar-refractivity contribution in [3.05, 3.63) is 29.6 Å². The summed E-state index contributed by atoms with van der Waals surface area (Å²) >= 11 is 0. The molecule has 1 heterocycles. The molecule has 1 aromatic carbocycles. The molecule has 0 saturated heterocycles. The van der Waals surface area contributed by atoms with Crippen LogP contribution in [-0.2, 0) is 0 Å². The van der Waals surface area contributed by atoms with Crippen molar-refractivity contribution in [2.24, 2.45) is 5.73 Å². The molecule has 76 valence electrons. The van der Waals surface area contributed by atoms with Gasteiger partial charge >= 0.3 is 0 Å². The van der Waals surface area contributed by atoms with Crippen LogP contribution in [0.3, 0.4) is 0 Å². The van der Waals surface area contributed by atoms with Crippen LogP contribution in [0.5, 0.6) is 5.75 Å². The fourth-order valence-corrected chi connectivity index (χ4v) is 1.96. The Morgan fingerprint density at radius 2 is 2.36 bits per heavy atom. The number of nitrogens with two attached hydrogens (primary N) is 1. The average Bonchev–Trinajstić information content (AvgIpc) is 2.15. The Bertz CT molecular complexity index is 340. The van der Waals surface area contributed by atoms with Crippen LogP contribution in [0.2, 0.25) is 0 Å². The van der Waals surface area contributed by atoms with Crippen molar-refractivity contribution < 1.29 is 9.13 Å². The minimum Gasteiger partial charge on any atom is -0.490 e. The van der Waals surface area contributed by atoms with Crippen LogP contribution >= 0.6 is 0 Å². The maximum absolute atomic E-state index is 12.9. The lowest BCUT2D eigenvalue weighted by atomic mass is 9.90. The van der Waals surface area contributed by atoms with Crippen LogP contribution in [0.15, 0.2) is 18.2 Å². The molecule has 0 bridgehead atoms. The van der Waals surface area contributed by atoms with Crippen LogP contribution in [0, 0.1) is 5.82 Å². The Balaban J connectivity index is 2.40. The highest BCUT2D eigenvalue weighted by Crippen LogP contribution is 2.35. The molecule has 0 aliphatic carbocycles. The van der Waals surface area contributed by atoms with Gasteiger partial charge in [0.2, 0.25) is 0 Å². The number of benzene rings is 1. The van der Waals surface area contributed by atoms with Gasteiger partial charge in [0, 0.05) is 12.0 Å². The van der Waals surface area contributed by atoms with E-state index in [0.29, 0.717) is 18.2 Å². The van der Waals surface area contributed by atoms with Crippen molar-refractivity contribution >= 4 is 0 Å². The van der Waals surface area contributed by atoms with Crippen molar-refractivity contribution in [3.63, 3.8) is 0 Å². The molecular formula is C11H14FNO. The average molecular weight is 195 g/mol. The van der Waals surface area contributed by atoms with Gasteiger partial charge in [-0.15, -0.1) is 0 Å². The normalized spacial score (nSPS) is 25.4. The van der Waals surface area contributed by atoms with Crippen LogP contribution in [0.25, 0.3) is 0 Å². The maximum Gasteiger partial charge on any atom is 0.126 e. The van der Waals surface area contributed by atoms with Gasteiger partial charge < -0.3 is 10.5 Å². The summed E-state index contributed by atoms with van der Waals surface area (Å²) in [4.78, 5) is 0. The van der Waals surface area contributed by atoms with Gasteiger partial charge in [-0.2, -0.15) is 0 Å². The minimum atomic E-state index is -0.256. The molecular weight excluding hydrogens is 181 g/mol. The SMILES string of the molecule is CC1CC(CN)c2ccc(F)cc2O1. The fourth-order valence-electron chi connectivity index (χ4n) is 1.96. The van der Waals surface area contributed by atoms with Gasteiger partial charge in [-0.25, -0.2) is 4.39 Å². The summed E-state index contributed by atoms with van der Waals surface area (Å²) in [5.41, 5.74) is 6.70. The molecule has 1 aliphatic heterocycles. The van der Waals surface area contributed by atoms with Crippen molar-refractivity contribution in [2.75, 3.05) is 6.54 Å². The zero-order valence-electron chi connectivity index (χ0n) is 8.16. The second kappa shape index (κ2) is 3.58. The molecule has 0 aromatic heterocycles. The highest BCUT2D eigenvalue weighted by atomic mass is 19.1. The molecule has 0 fully saturated rings. The fraction of sp³-hybridized carbons (Fsp3) is 0.455. The van der Waals surface area contributed by atoms with E-state index in [-0.39, 0.29) is 11.9 Å². The van der Waals surface area contributed by atoms with Gasteiger partial charge in [-0.05, 0) is 31.5 Å². The van der Waals surface area contributed by atoms with Crippen molar-refractivity contribution in [2.45, 2.75) is 25.4 Å². The Kier molecular flexibility index (Phi) is 2.42. The first-order valence-electron chi connectivity index (χ1n) is 4.87. The standard InChI is InChI=1S/C11H14FNO/c1-7-4-8(6-13)10-3-2-9(12)5-11(10)14-7/h2-3,5,7-8H,4,6,13H2,1H3. The van der Waals surface area contributed by atoms with E-state index >= 15 is 0 Å². The highest BCUT2D eigenvalue weighted by Gasteiger charge is 2.24. The molecule has 3 heteroatoms. The molecule has 0 spiro atoms. The molecule has 2 unspecified atom stereocenters. The van der Waals surface area contributed by atoms with Crippen LogP contribution < -0.4 is 10.5 Å². The van der Waals surface area contributed by atoms with Gasteiger partial charge in [0.1, 0.15) is 11.6 Å². The van der Waals surface area contributed by atoms with Crippen molar-refractivity contribution in [3.8, 4) is 5.75 Å². The molecule has 2 atom stereocenters. The minimum absolute atomic E-state index is 0.123. The Morgan fingerprint density at radius 3 is 3.07 bits per heavy atom. The lowest BCUT2D eigenvalue weighted by Crippen LogP contribution is -2.27. The molecule has 2 N–H and O–H groups in total. The van der Waals surface area contributed by atoms with Crippen molar-refractivity contribution in [1.82, 2.24) is 0 Å². The first-order valence-corrected chi connectivity index (χ1v) is 4.87. The largest absolute Gasteiger partial charge is 0.490 e. The number of ether oxygens (including phenoxy) is 1. The van der Waals surface area contributed by atoms with Gasteiger partial charge in [-0.1, -0.05) is 6.07 Å². The summed E-state index contributed by atoms with van der Waals surface area (Å²) in [6.07, 6.45) is 1.03. The molecule has 14 heavy (non-hydrogen) atoms. The Labute approximate surface area is 82.9 Å². The van der Waals surface area contributed by atoms with E-state index in [1.807, 2.05) is 6.92 Å². The first kappa shape index (κ1) is 9.46. The zero-order valence-corrected chi connectivity index (χ0v) is 8.16. The topological polar surface area (TPSA) is 35.2 Å². The third-order valence-electron chi connectivity index (χ3n) is 2.64. The maximum atomic E-state index is 12.9. The van der Waals surface area contributed by atoms with E-state index < -0.39 is 0 Å². The van der Waals surface area contributed by atoms with Crippen LogP contribution in [-0.4, -0.2) is 12.6 Å². The predicted molar refractivity (Wildman–Crippen MR) is 52.9 cm³/mol. The van der Waals surface area contributed by atoms with Gasteiger partial charge in [0.25, 0.3) is 0 Å². The third-order valence-corrected chi connectivity index (χ3v) is 2.64. The second-order valence-corrected chi connectivity index (χ2v) is 3.78. The first-order chi connectivity index (χ1) is 6.70. The summed E-state index contributed by atoms with van der Waals surface area (Å²) < 4.78 is 18.5. The number of halogens is 1. The molecule has 0 saturated carbocycles. The van der Waals surface area contributed by atoms with Gasteiger partial charge in [0.15, 0.2) is 0 Å². The summed E-state index contributed by atoms with van der Waals surface area (Å²) in [6.45, 7) is 2.57. The quantitative estimate of drug-likeness (QED) is 0.744. The van der Waals surface area contributed by atoms with E-state index in [1.54, 1.807) is 6.07 Å². The molecule has 0 radical (unpaired) electrons. The number of hydrogen-bond acceptors (Lipinski definition) is 2. The summed E-state index contributed by atoms with van der Waals surface area (Å²) in [5.74, 6) is 0.696. The monoisotopic (exact) mass is 195 g/mol. The molecule has 1 aromatic rings. The second-order valence-electron chi connectivity index (χ2n) is 3.78. The molecule has 0 amide bonds. The molecule has 2 nitrogen and oxygen atoms in total. The predicted octanol–water partition coefficient (Wildman–Crippen LogP) is 2.04. The van der Waals surface area contributed by atoms with Gasteiger partial charge in [-0.3, -0.25) is 0 Å². The summed E-state index contributed by atoms with van der Waals surface area (Å²) in [7, 11) is 0. The van der Waals surface area contributed by atoms with E-state index in [1.165, 1.54) is 12.1 Å². The smallest absolute Gasteiger partial charge is 0.126 e. The van der Waals surface area contributed by atoms with Crippen LogP contribution in [0.1, 0.15) is 24.8 Å². The summed E-state index contributed by atoms with van der Waals surface area (Å²) in [5, 5.41) is 0. The lowest BCUT2D eigenvalue weighted by Gasteiger charge is -2.29. The van der Waals surface area contributed by atoms with E-state index in [0.717, 1.165) is 12.0 Å². The lowest BCUT2D eigenvalue weighted by molar-refractivity contribution is 0.176. The van der Waals surface area contributed by atoms with E-state index in [4.69, 9.17) is 10.5 Å². The van der Waals surface area contributed by atoms with Gasteiger partial charge in [0.05, 0.1) is 6.10 Å². The Hall–Kier alpha value is -1.09. The zero-order chi connectivity index (χ0) is 10.1. The highest BCUT2D eigenvalue weighted by molar-refractivity contribution is 5.39. The van der Waals surface area contributed by atoms with Crippen LogP contribution in [0.4, 0.5) is 4.39 Å². The van der Waals surface area contributed by atoms with E-state index in [9.17, 15) is 4.39 Å². The number of fused-ring (bicyclic) bond motifs is 1. The molecule has 1 aliphatic rings. The third kappa shape index (κ3) is 1.60. The van der Waals surface area contributed by atoms with E-state index in [2.05, 4.69) is 0 Å². The summed E-state index contributed by atoms with van der Waals surface area (Å²) in [6, 6.07) is 4.67. The number of rotatable bonds is 1.